The Morgan fingerprint density at radius 2 is 1.84 bits per heavy atom. The molecule has 1 heterocycles. The van der Waals surface area contributed by atoms with Crippen molar-refractivity contribution in [2.75, 3.05) is 18.6 Å². The minimum absolute atomic E-state index is 0.0279. The number of nitrogens with zero attached hydrogens (tertiary/aromatic N) is 2. The van der Waals surface area contributed by atoms with Crippen LogP contribution in [0.5, 0.6) is 5.75 Å². The van der Waals surface area contributed by atoms with Crippen molar-refractivity contribution in [3.05, 3.63) is 87.9 Å². The van der Waals surface area contributed by atoms with Crippen LogP contribution in [0.3, 0.4) is 0 Å². The summed E-state index contributed by atoms with van der Waals surface area (Å²) in [6, 6.07) is 21.4. The Morgan fingerprint density at radius 3 is 2.50 bits per heavy atom. The Labute approximate surface area is 199 Å². The van der Waals surface area contributed by atoms with E-state index in [-0.39, 0.29) is 11.6 Å². The molecule has 1 N–H and O–H groups in total. The zero-order valence-electron chi connectivity index (χ0n) is 17.8. The third-order valence-corrected chi connectivity index (χ3v) is 7.06. The van der Waals surface area contributed by atoms with Crippen molar-refractivity contribution < 1.29 is 14.6 Å². The van der Waals surface area contributed by atoms with Crippen molar-refractivity contribution in [1.82, 2.24) is 4.98 Å². The molecule has 4 rings (SSSR count). The zero-order valence-corrected chi connectivity index (χ0v) is 20.2. The molecule has 1 aromatic heterocycles. The second-order valence-corrected chi connectivity index (χ2v) is 9.43. The summed E-state index contributed by atoms with van der Waals surface area (Å²) < 4.78 is 7.40. The lowest BCUT2D eigenvalue weighted by atomic mass is 10.0. The first-order valence-corrected chi connectivity index (χ1v) is 11.8. The number of hydrogen-bond donors (Lipinski definition) is 1. The zero-order chi connectivity index (χ0) is 22.7. The number of rotatable bonds is 8. The predicted molar refractivity (Wildman–Crippen MR) is 133 cm³/mol. The summed E-state index contributed by atoms with van der Waals surface area (Å²) in [5.41, 5.74) is 3.51. The molecule has 0 spiro atoms. The summed E-state index contributed by atoms with van der Waals surface area (Å²) in [7, 11) is 1.67. The molecule has 0 saturated carbocycles. The minimum atomic E-state index is -0.919. The summed E-state index contributed by atoms with van der Waals surface area (Å²) >= 11 is 5.19. The number of carboxylic acid groups (broad SMARTS) is 1. The molecule has 0 aliphatic rings. The molecular weight excluding hydrogens is 488 g/mol. The van der Waals surface area contributed by atoms with Gasteiger partial charge in [-0.1, -0.05) is 51.5 Å². The second kappa shape index (κ2) is 9.71. The quantitative estimate of drug-likeness (QED) is 0.290. The number of thiazole rings is 1. The monoisotopic (exact) mass is 510 g/mol. The standard InChI is InChI=1S/C25H23BrN2O3S/c1-16(18-5-7-19(8-6-18)24(29)30)28(14-13-17-3-10-21(31-2)11-4-17)25-27-22-15-20(26)9-12-23(22)32-25/h3-12,15-16H,13-14H2,1-2H3,(H,29,30). The number of fused-ring (bicyclic) bond motifs is 1. The molecular formula is C25H23BrN2O3S. The van der Waals surface area contributed by atoms with Crippen molar-refractivity contribution in [2.24, 2.45) is 0 Å². The summed E-state index contributed by atoms with van der Waals surface area (Å²) in [6.07, 6.45) is 0.848. The summed E-state index contributed by atoms with van der Waals surface area (Å²) in [4.78, 5) is 18.4. The molecule has 1 atom stereocenters. The Morgan fingerprint density at radius 1 is 1.12 bits per heavy atom. The highest BCUT2D eigenvalue weighted by molar-refractivity contribution is 9.10. The van der Waals surface area contributed by atoms with Gasteiger partial charge in [0.05, 0.1) is 28.9 Å². The Bertz CT molecular complexity index is 1220. The topological polar surface area (TPSA) is 62.7 Å². The highest BCUT2D eigenvalue weighted by Crippen LogP contribution is 2.35. The summed E-state index contributed by atoms with van der Waals surface area (Å²) in [6.45, 7) is 2.90. The first kappa shape index (κ1) is 22.3. The lowest BCUT2D eigenvalue weighted by molar-refractivity contribution is 0.0697. The highest BCUT2D eigenvalue weighted by Gasteiger charge is 2.20. The number of aromatic nitrogens is 1. The normalized spacial score (nSPS) is 12.0. The molecule has 7 heteroatoms. The van der Waals surface area contributed by atoms with Gasteiger partial charge in [-0.15, -0.1) is 0 Å². The van der Waals surface area contributed by atoms with E-state index in [0.29, 0.717) is 0 Å². The van der Waals surface area contributed by atoms with Gasteiger partial charge in [0.1, 0.15) is 5.75 Å². The average Bonchev–Trinajstić information content (AvgIpc) is 3.22. The van der Waals surface area contributed by atoms with E-state index in [9.17, 15) is 9.90 Å². The average molecular weight is 511 g/mol. The van der Waals surface area contributed by atoms with Gasteiger partial charge in [0.2, 0.25) is 0 Å². The third kappa shape index (κ3) is 4.95. The number of ether oxygens (including phenoxy) is 1. The molecule has 0 aliphatic carbocycles. The number of carboxylic acids is 1. The smallest absolute Gasteiger partial charge is 0.335 e. The van der Waals surface area contributed by atoms with Crippen molar-refractivity contribution in [2.45, 2.75) is 19.4 Å². The number of aromatic carboxylic acids is 1. The number of hydrogen-bond acceptors (Lipinski definition) is 5. The van der Waals surface area contributed by atoms with Gasteiger partial charge in [-0.3, -0.25) is 0 Å². The fraction of sp³-hybridized carbons (Fsp3) is 0.200. The number of anilines is 1. The molecule has 0 fully saturated rings. The van der Waals surface area contributed by atoms with Crippen molar-refractivity contribution in [3.63, 3.8) is 0 Å². The van der Waals surface area contributed by atoms with E-state index in [4.69, 9.17) is 9.72 Å². The lowest BCUT2D eigenvalue weighted by Gasteiger charge is -2.29. The maximum atomic E-state index is 11.2. The molecule has 164 valence electrons. The SMILES string of the molecule is COc1ccc(CCN(c2nc3cc(Br)ccc3s2)C(C)c2ccc(C(=O)O)cc2)cc1. The van der Waals surface area contributed by atoms with E-state index in [2.05, 4.69) is 46.0 Å². The van der Waals surface area contributed by atoms with Crippen LogP contribution in [0.1, 0.15) is 34.5 Å². The molecule has 0 saturated heterocycles. The fourth-order valence-electron chi connectivity index (χ4n) is 3.59. The third-order valence-electron chi connectivity index (χ3n) is 5.49. The first-order chi connectivity index (χ1) is 15.4. The molecule has 5 nitrogen and oxygen atoms in total. The molecule has 4 aromatic rings. The maximum Gasteiger partial charge on any atom is 0.335 e. The van der Waals surface area contributed by atoms with Gasteiger partial charge in [-0.25, -0.2) is 9.78 Å². The lowest BCUT2D eigenvalue weighted by Crippen LogP contribution is -2.29. The van der Waals surface area contributed by atoms with Crippen LogP contribution in [0, 0.1) is 0 Å². The molecule has 3 aromatic carbocycles. The van der Waals surface area contributed by atoms with Crippen LogP contribution < -0.4 is 9.64 Å². The van der Waals surface area contributed by atoms with E-state index in [1.54, 1.807) is 30.6 Å². The van der Waals surface area contributed by atoms with E-state index in [1.165, 1.54) is 5.56 Å². The van der Waals surface area contributed by atoms with Gasteiger partial charge in [0.25, 0.3) is 0 Å². The van der Waals surface area contributed by atoms with E-state index >= 15 is 0 Å². The van der Waals surface area contributed by atoms with Crippen LogP contribution in [-0.2, 0) is 6.42 Å². The number of methoxy groups -OCH3 is 1. The molecule has 1 unspecified atom stereocenters. The second-order valence-electron chi connectivity index (χ2n) is 7.50. The Hall–Kier alpha value is -2.90. The number of halogens is 1. The van der Waals surface area contributed by atoms with E-state index in [0.717, 1.165) is 44.1 Å². The van der Waals surface area contributed by atoms with Gasteiger partial charge < -0.3 is 14.7 Å². The van der Waals surface area contributed by atoms with Crippen LogP contribution in [0.25, 0.3) is 10.2 Å². The Kier molecular flexibility index (Phi) is 6.77. The van der Waals surface area contributed by atoms with Crippen molar-refractivity contribution >= 4 is 48.6 Å². The number of benzene rings is 3. The Balaban J connectivity index is 1.64. The predicted octanol–water partition coefficient (Wildman–Crippen LogP) is 6.58. The van der Waals surface area contributed by atoms with E-state index in [1.807, 2.05) is 36.4 Å². The fourth-order valence-corrected chi connectivity index (χ4v) is 4.99. The molecule has 0 bridgehead atoms. The molecule has 0 aliphatic heterocycles. The summed E-state index contributed by atoms with van der Waals surface area (Å²) in [5, 5.41) is 10.2. The van der Waals surface area contributed by atoms with Crippen molar-refractivity contribution in [3.8, 4) is 5.75 Å². The molecule has 0 radical (unpaired) electrons. The van der Waals surface area contributed by atoms with Crippen LogP contribution in [0.15, 0.2) is 71.2 Å². The highest BCUT2D eigenvalue weighted by atomic mass is 79.9. The first-order valence-electron chi connectivity index (χ1n) is 10.2. The number of carbonyl (C=O) groups is 1. The van der Waals surface area contributed by atoms with Crippen LogP contribution in [0.4, 0.5) is 5.13 Å². The molecule has 0 amide bonds. The van der Waals surface area contributed by atoms with E-state index < -0.39 is 5.97 Å². The molecule has 32 heavy (non-hydrogen) atoms. The van der Waals surface area contributed by atoms with Gasteiger partial charge in [0.15, 0.2) is 5.13 Å². The van der Waals surface area contributed by atoms with Crippen LogP contribution >= 0.6 is 27.3 Å². The van der Waals surface area contributed by atoms with Gasteiger partial charge >= 0.3 is 5.97 Å². The van der Waals surface area contributed by atoms with Crippen molar-refractivity contribution in [1.29, 1.82) is 0 Å². The van der Waals surface area contributed by atoms with Gasteiger partial charge in [-0.2, -0.15) is 0 Å². The summed E-state index contributed by atoms with van der Waals surface area (Å²) in [5.74, 6) is -0.0773. The minimum Gasteiger partial charge on any atom is -0.497 e. The maximum absolute atomic E-state index is 11.2. The van der Waals surface area contributed by atoms with Crippen LogP contribution in [-0.4, -0.2) is 29.7 Å². The van der Waals surface area contributed by atoms with Crippen LogP contribution in [0.2, 0.25) is 0 Å². The van der Waals surface area contributed by atoms with Gasteiger partial charge in [-0.05, 0) is 66.9 Å². The van der Waals surface area contributed by atoms with Gasteiger partial charge in [0, 0.05) is 11.0 Å². The largest absolute Gasteiger partial charge is 0.497 e.